The van der Waals surface area contributed by atoms with Crippen molar-refractivity contribution in [2.24, 2.45) is 0 Å². The third kappa shape index (κ3) is 3.66. The molecule has 1 aromatic heterocycles. The number of rotatable bonds is 5. The van der Waals surface area contributed by atoms with E-state index in [2.05, 4.69) is 34.3 Å². The largest absolute Gasteiger partial charge is 0.384 e. The van der Waals surface area contributed by atoms with E-state index in [4.69, 9.17) is 10.5 Å². The molecule has 1 heterocycles. The smallest absolute Gasteiger partial charge is 0.158 e. The van der Waals surface area contributed by atoms with Gasteiger partial charge in [0, 0.05) is 18.9 Å². The maximum atomic E-state index is 5.74. The lowest BCUT2D eigenvalue weighted by Gasteiger charge is -2.08. The predicted octanol–water partition coefficient (Wildman–Crippen LogP) is 2.51. The van der Waals surface area contributed by atoms with Crippen molar-refractivity contribution >= 4 is 17.3 Å². The highest BCUT2D eigenvalue weighted by atomic mass is 16.5. The SMILES string of the molecule is CCc1ccc(Nc2cc(N)nc(COC)n2)cc1. The van der Waals surface area contributed by atoms with Crippen molar-refractivity contribution in [1.82, 2.24) is 9.97 Å². The van der Waals surface area contributed by atoms with Crippen molar-refractivity contribution in [2.75, 3.05) is 18.2 Å². The summed E-state index contributed by atoms with van der Waals surface area (Å²) in [6.45, 7) is 2.47. The molecule has 100 valence electrons. The van der Waals surface area contributed by atoms with Gasteiger partial charge in [-0.2, -0.15) is 0 Å². The normalized spacial score (nSPS) is 10.4. The number of aromatic nitrogens is 2. The van der Waals surface area contributed by atoms with Gasteiger partial charge in [0.1, 0.15) is 18.2 Å². The van der Waals surface area contributed by atoms with Gasteiger partial charge in [-0.15, -0.1) is 0 Å². The molecule has 0 aliphatic rings. The molecule has 2 aromatic rings. The molecule has 0 radical (unpaired) electrons. The summed E-state index contributed by atoms with van der Waals surface area (Å²) in [6, 6.07) is 9.92. The first-order valence-electron chi connectivity index (χ1n) is 6.19. The number of methoxy groups -OCH3 is 1. The van der Waals surface area contributed by atoms with Gasteiger partial charge < -0.3 is 15.8 Å². The Bertz CT molecular complexity index is 540. The Kier molecular flexibility index (Phi) is 4.30. The minimum absolute atomic E-state index is 0.342. The maximum Gasteiger partial charge on any atom is 0.158 e. The fourth-order valence-corrected chi connectivity index (χ4v) is 1.75. The molecule has 0 fully saturated rings. The van der Waals surface area contributed by atoms with E-state index in [-0.39, 0.29) is 0 Å². The van der Waals surface area contributed by atoms with Gasteiger partial charge in [-0.05, 0) is 24.1 Å². The molecule has 19 heavy (non-hydrogen) atoms. The molecule has 3 N–H and O–H groups in total. The second-order valence-corrected chi connectivity index (χ2v) is 4.20. The fraction of sp³-hybridized carbons (Fsp3) is 0.286. The zero-order valence-electron chi connectivity index (χ0n) is 11.2. The number of hydrogen-bond acceptors (Lipinski definition) is 5. The van der Waals surface area contributed by atoms with Gasteiger partial charge in [-0.3, -0.25) is 0 Å². The molecule has 0 saturated carbocycles. The lowest BCUT2D eigenvalue weighted by Crippen LogP contribution is -2.04. The van der Waals surface area contributed by atoms with Crippen LogP contribution in [-0.4, -0.2) is 17.1 Å². The first-order valence-corrected chi connectivity index (χ1v) is 6.19. The zero-order valence-corrected chi connectivity index (χ0v) is 11.2. The van der Waals surface area contributed by atoms with Gasteiger partial charge in [0.05, 0.1) is 0 Å². The Hall–Kier alpha value is -2.14. The number of aryl methyl sites for hydroxylation is 1. The molecule has 0 saturated heterocycles. The molecule has 0 bridgehead atoms. The third-order valence-corrected chi connectivity index (χ3v) is 2.70. The van der Waals surface area contributed by atoms with Crippen LogP contribution < -0.4 is 11.1 Å². The third-order valence-electron chi connectivity index (χ3n) is 2.70. The van der Waals surface area contributed by atoms with E-state index in [1.54, 1.807) is 13.2 Å². The van der Waals surface area contributed by atoms with Crippen LogP contribution in [-0.2, 0) is 17.8 Å². The standard InChI is InChI=1S/C14H18N4O/c1-3-10-4-6-11(7-5-10)16-13-8-12(15)17-14(18-13)9-19-2/h4-8H,3,9H2,1-2H3,(H3,15,16,17,18). The summed E-state index contributed by atoms with van der Waals surface area (Å²) in [5.41, 5.74) is 8.01. The van der Waals surface area contributed by atoms with Gasteiger partial charge in [-0.25, -0.2) is 9.97 Å². The van der Waals surface area contributed by atoms with Gasteiger partial charge in [0.25, 0.3) is 0 Å². The summed E-state index contributed by atoms with van der Waals surface area (Å²) in [4.78, 5) is 8.43. The quantitative estimate of drug-likeness (QED) is 0.862. The minimum atomic E-state index is 0.342. The van der Waals surface area contributed by atoms with Crippen molar-refractivity contribution in [3.05, 3.63) is 41.7 Å². The number of benzene rings is 1. The van der Waals surface area contributed by atoms with Crippen molar-refractivity contribution in [3.8, 4) is 0 Å². The molecule has 0 aliphatic carbocycles. The van der Waals surface area contributed by atoms with Gasteiger partial charge in [0.15, 0.2) is 5.82 Å². The number of anilines is 3. The number of nitrogens with two attached hydrogens (primary N) is 1. The van der Waals surface area contributed by atoms with Crippen LogP contribution in [0, 0.1) is 0 Å². The first-order chi connectivity index (χ1) is 9.21. The Morgan fingerprint density at radius 1 is 1.21 bits per heavy atom. The van der Waals surface area contributed by atoms with E-state index in [9.17, 15) is 0 Å². The Labute approximate surface area is 112 Å². The Morgan fingerprint density at radius 3 is 2.58 bits per heavy atom. The summed E-state index contributed by atoms with van der Waals surface area (Å²) in [6.07, 6.45) is 1.03. The van der Waals surface area contributed by atoms with Crippen molar-refractivity contribution in [3.63, 3.8) is 0 Å². The second-order valence-electron chi connectivity index (χ2n) is 4.20. The Balaban J connectivity index is 2.17. The highest BCUT2D eigenvalue weighted by molar-refractivity contribution is 5.58. The average Bonchev–Trinajstić information content (AvgIpc) is 2.39. The minimum Gasteiger partial charge on any atom is -0.384 e. The second kappa shape index (κ2) is 6.15. The molecule has 2 rings (SSSR count). The van der Waals surface area contributed by atoms with Gasteiger partial charge >= 0.3 is 0 Å². The highest BCUT2D eigenvalue weighted by Crippen LogP contribution is 2.17. The van der Waals surface area contributed by atoms with E-state index in [1.807, 2.05) is 12.1 Å². The summed E-state index contributed by atoms with van der Waals surface area (Å²) in [7, 11) is 1.60. The summed E-state index contributed by atoms with van der Waals surface area (Å²) in [5.74, 6) is 1.66. The molecule has 0 amide bonds. The van der Waals surface area contributed by atoms with E-state index in [0.717, 1.165) is 12.1 Å². The van der Waals surface area contributed by atoms with Gasteiger partial charge in [0.2, 0.25) is 0 Å². The monoisotopic (exact) mass is 258 g/mol. The van der Waals surface area contributed by atoms with Crippen LogP contribution in [0.15, 0.2) is 30.3 Å². The molecule has 1 aromatic carbocycles. The molecule has 0 unspecified atom stereocenters. The maximum absolute atomic E-state index is 5.74. The van der Waals surface area contributed by atoms with Gasteiger partial charge in [-0.1, -0.05) is 19.1 Å². The molecule has 5 nitrogen and oxygen atoms in total. The number of ether oxygens (including phenoxy) is 1. The van der Waals surface area contributed by atoms with Crippen LogP contribution in [0.5, 0.6) is 0 Å². The van der Waals surface area contributed by atoms with Crippen molar-refractivity contribution in [1.29, 1.82) is 0 Å². The van der Waals surface area contributed by atoms with Crippen LogP contribution in [0.4, 0.5) is 17.3 Å². The lowest BCUT2D eigenvalue weighted by atomic mass is 10.1. The van der Waals surface area contributed by atoms with E-state index in [0.29, 0.717) is 24.1 Å². The number of nitrogens with zero attached hydrogens (tertiary/aromatic N) is 2. The van der Waals surface area contributed by atoms with E-state index >= 15 is 0 Å². The van der Waals surface area contributed by atoms with Crippen molar-refractivity contribution < 1.29 is 4.74 Å². The number of hydrogen-bond donors (Lipinski definition) is 2. The predicted molar refractivity (Wildman–Crippen MR) is 76.3 cm³/mol. The van der Waals surface area contributed by atoms with E-state index in [1.165, 1.54) is 5.56 Å². The van der Waals surface area contributed by atoms with E-state index < -0.39 is 0 Å². The van der Waals surface area contributed by atoms with Crippen LogP contribution in [0.25, 0.3) is 0 Å². The molecule has 5 heteroatoms. The van der Waals surface area contributed by atoms with Crippen molar-refractivity contribution in [2.45, 2.75) is 20.0 Å². The molecular weight excluding hydrogens is 240 g/mol. The molecular formula is C14H18N4O. The summed E-state index contributed by atoms with van der Waals surface area (Å²) in [5, 5.41) is 3.21. The van der Waals surface area contributed by atoms with Crippen LogP contribution in [0.1, 0.15) is 18.3 Å². The summed E-state index contributed by atoms with van der Waals surface area (Å²) < 4.78 is 5.01. The average molecular weight is 258 g/mol. The molecule has 0 spiro atoms. The lowest BCUT2D eigenvalue weighted by molar-refractivity contribution is 0.178. The highest BCUT2D eigenvalue weighted by Gasteiger charge is 2.03. The summed E-state index contributed by atoms with van der Waals surface area (Å²) >= 11 is 0. The zero-order chi connectivity index (χ0) is 13.7. The van der Waals surface area contributed by atoms with Crippen LogP contribution in [0.2, 0.25) is 0 Å². The number of nitrogen functional groups attached to an aromatic ring is 1. The fourth-order valence-electron chi connectivity index (χ4n) is 1.75. The molecule has 0 atom stereocenters. The topological polar surface area (TPSA) is 73.1 Å². The first kappa shape index (κ1) is 13.3. The van der Waals surface area contributed by atoms with Crippen LogP contribution >= 0.6 is 0 Å². The Morgan fingerprint density at radius 2 is 1.95 bits per heavy atom. The van der Waals surface area contributed by atoms with Crippen LogP contribution in [0.3, 0.4) is 0 Å². The molecule has 0 aliphatic heterocycles. The number of nitrogens with one attached hydrogen (secondary N) is 1.